The molecule has 5 rings (SSSR count). The predicted octanol–water partition coefficient (Wildman–Crippen LogP) is 10.3. The van der Waals surface area contributed by atoms with Crippen LogP contribution in [0.15, 0.2) is 86.8 Å². The molecule has 0 fully saturated rings. The van der Waals surface area contributed by atoms with Gasteiger partial charge in [-0.1, -0.05) is 75.0 Å². The standard InChI is InChI=1S/C30H15Br2Cl3F3N3O3/c31-17-9-15(27(20(32)10-17)44-29(43)14-4-3-5-16(8-14)30(36,37)38)13-39-41-28(42)26-24(19-6-1-2-7-21(19)34)25-22(35)11-18(33)12-23(25)40-26/h1-13,40H,(H,41,42). The lowest BCUT2D eigenvalue weighted by atomic mass is 10.0. The van der Waals surface area contributed by atoms with E-state index in [-0.39, 0.29) is 22.6 Å². The number of fused-ring (bicyclic) bond motifs is 1. The quantitative estimate of drug-likeness (QED) is 0.0778. The average Bonchev–Trinajstić information content (AvgIpc) is 3.34. The number of aromatic amines is 1. The molecule has 6 nitrogen and oxygen atoms in total. The molecule has 2 N–H and O–H groups in total. The number of hydrogen-bond acceptors (Lipinski definition) is 4. The number of alkyl halides is 3. The fraction of sp³-hybridized carbons (Fsp3) is 0.0333. The van der Waals surface area contributed by atoms with E-state index >= 15 is 0 Å². The lowest BCUT2D eigenvalue weighted by Gasteiger charge is -2.12. The van der Waals surface area contributed by atoms with Crippen molar-refractivity contribution in [2.45, 2.75) is 6.18 Å². The molecule has 0 atom stereocenters. The van der Waals surface area contributed by atoms with E-state index in [0.717, 1.165) is 12.1 Å². The van der Waals surface area contributed by atoms with Crippen LogP contribution in [0, 0.1) is 0 Å². The van der Waals surface area contributed by atoms with Crippen molar-refractivity contribution >= 4 is 95.7 Å². The number of esters is 1. The minimum absolute atomic E-state index is 0.0441. The number of benzene rings is 4. The van der Waals surface area contributed by atoms with Crippen LogP contribution in [0.4, 0.5) is 13.2 Å². The molecule has 224 valence electrons. The number of ether oxygens (including phenoxy) is 1. The summed E-state index contributed by atoms with van der Waals surface area (Å²) in [5.41, 5.74) is 2.90. The lowest BCUT2D eigenvalue weighted by molar-refractivity contribution is -0.137. The van der Waals surface area contributed by atoms with Gasteiger partial charge in [0.1, 0.15) is 5.69 Å². The van der Waals surface area contributed by atoms with Crippen LogP contribution in [-0.2, 0) is 6.18 Å². The van der Waals surface area contributed by atoms with Gasteiger partial charge in [0.05, 0.1) is 26.8 Å². The second-order valence-electron chi connectivity index (χ2n) is 9.14. The number of hydrazone groups is 1. The molecule has 0 saturated carbocycles. The van der Waals surface area contributed by atoms with Crippen LogP contribution in [0.2, 0.25) is 15.1 Å². The molecule has 5 aromatic rings. The Morgan fingerprint density at radius 3 is 2.41 bits per heavy atom. The number of H-pyrrole nitrogens is 1. The first-order chi connectivity index (χ1) is 20.8. The van der Waals surface area contributed by atoms with Gasteiger partial charge in [0.2, 0.25) is 0 Å². The van der Waals surface area contributed by atoms with Crippen molar-refractivity contribution in [2.24, 2.45) is 5.10 Å². The minimum atomic E-state index is -4.64. The molecule has 0 aliphatic carbocycles. The van der Waals surface area contributed by atoms with Crippen molar-refractivity contribution in [2.75, 3.05) is 0 Å². The summed E-state index contributed by atoms with van der Waals surface area (Å²) in [7, 11) is 0. The van der Waals surface area contributed by atoms with Gasteiger partial charge in [-0.25, -0.2) is 10.2 Å². The van der Waals surface area contributed by atoms with Crippen LogP contribution in [0.3, 0.4) is 0 Å². The van der Waals surface area contributed by atoms with Gasteiger partial charge in [0.25, 0.3) is 5.91 Å². The molecule has 1 heterocycles. The molecule has 1 aromatic heterocycles. The first-order valence-corrected chi connectivity index (χ1v) is 15.0. The third kappa shape index (κ3) is 6.82. The molecule has 0 aliphatic heterocycles. The number of aromatic nitrogens is 1. The fourth-order valence-electron chi connectivity index (χ4n) is 4.33. The maximum atomic E-state index is 13.4. The Hall–Kier alpha value is -3.35. The molecular weight excluding hydrogens is 774 g/mol. The van der Waals surface area contributed by atoms with E-state index in [2.05, 4.69) is 47.4 Å². The topological polar surface area (TPSA) is 83.5 Å². The third-order valence-corrected chi connectivity index (χ3v) is 8.10. The van der Waals surface area contributed by atoms with E-state index in [1.807, 2.05) is 0 Å². The van der Waals surface area contributed by atoms with Gasteiger partial charge in [-0.3, -0.25) is 4.79 Å². The monoisotopic (exact) mass is 785 g/mol. The van der Waals surface area contributed by atoms with Crippen LogP contribution in [0.5, 0.6) is 5.75 Å². The van der Waals surface area contributed by atoms with Crippen LogP contribution < -0.4 is 10.2 Å². The smallest absolute Gasteiger partial charge is 0.416 e. The summed E-state index contributed by atoms with van der Waals surface area (Å²) in [6.07, 6.45) is -3.43. The highest BCUT2D eigenvalue weighted by Gasteiger charge is 2.31. The zero-order chi connectivity index (χ0) is 31.8. The number of amides is 1. The SMILES string of the molecule is O=C(Oc1c(Br)cc(Br)cc1C=NNC(=O)c1[nH]c2cc(Cl)cc(Cl)c2c1-c1ccccc1Cl)c1cccc(C(F)(F)F)c1. The number of halogens is 8. The summed E-state index contributed by atoms with van der Waals surface area (Å²) < 4.78 is 45.8. The average molecular weight is 789 g/mol. The number of carbonyl (C=O) groups is 2. The normalized spacial score (nSPS) is 11.7. The Balaban J connectivity index is 1.46. The zero-order valence-corrected chi connectivity index (χ0v) is 27.1. The molecule has 0 spiro atoms. The molecule has 44 heavy (non-hydrogen) atoms. The first-order valence-electron chi connectivity index (χ1n) is 12.3. The lowest BCUT2D eigenvalue weighted by Crippen LogP contribution is -2.19. The molecular formula is C30H15Br2Cl3F3N3O3. The van der Waals surface area contributed by atoms with Gasteiger partial charge >= 0.3 is 12.1 Å². The summed E-state index contributed by atoms with van der Waals surface area (Å²) >= 11 is 25.8. The first kappa shape index (κ1) is 32.1. The van der Waals surface area contributed by atoms with E-state index in [0.29, 0.717) is 52.1 Å². The summed E-state index contributed by atoms with van der Waals surface area (Å²) in [5, 5.41) is 5.59. The van der Waals surface area contributed by atoms with E-state index in [9.17, 15) is 22.8 Å². The Morgan fingerprint density at radius 1 is 0.932 bits per heavy atom. The van der Waals surface area contributed by atoms with E-state index in [1.54, 1.807) is 42.5 Å². The highest BCUT2D eigenvalue weighted by atomic mass is 79.9. The molecule has 0 saturated heterocycles. The second-order valence-corrected chi connectivity index (χ2v) is 12.2. The molecule has 0 bridgehead atoms. The number of hydrogen-bond donors (Lipinski definition) is 2. The maximum Gasteiger partial charge on any atom is 0.416 e. The van der Waals surface area contributed by atoms with Gasteiger partial charge in [-0.2, -0.15) is 18.3 Å². The van der Waals surface area contributed by atoms with Crippen LogP contribution >= 0.6 is 66.7 Å². The minimum Gasteiger partial charge on any atom is -0.421 e. The number of nitrogens with zero attached hydrogens (tertiary/aromatic N) is 1. The summed E-state index contributed by atoms with van der Waals surface area (Å²) in [6, 6.07) is 17.0. The van der Waals surface area contributed by atoms with E-state index in [1.165, 1.54) is 18.3 Å². The molecule has 4 aromatic carbocycles. The van der Waals surface area contributed by atoms with Crippen molar-refractivity contribution in [1.82, 2.24) is 10.4 Å². The number of rotatable bonds is 6. The highest BCUT2D eigenvalue weighted by molar-refractivity contribution is 9.11. The fourth-order valence-corrected chi connectivity index (χ4v) is 6.48. The zero-order valence-electron chi connectivity index (χ0n) is 21.7. The Kier molecular flexibility index (Phi) is 9.43. The highest BCUT2D eigenvalue weighted by Crippen LogP contribution is 2.41. The van der Waals surface area contributed by atoms with Crippen LogP contribution in [0.1, 0.15) is 32.0 Å². The van der Waals surface area contributed by atoms with Gasteiger partial charge in [0.15, 0.2) is 5.75 Å². The Morgan fingerprint density at radius 2 is 1.68 bits per heavy atom. The maximum absolute atomic E-state index is 13.4. The summed E-state index contributed by atoms with van der Waals surface area (Å²) in [4.78, 5) is 29.3. The predicted molar refractivity (Wildman–Crippen MR) is 172 cm³/mol. The van der Waals surface area contributed by atoms with Crippen LogP contribution in [0.25, 0.3) is 22.0 Å². The van der Waals surface area contributed by atoms with Crippen molar-refractivity contribution in [3.05, 3.63) is 119 Å². The molecule has 0 aliphatic rings. The van der Waals surface area contributed by atoms with Gasteiger partial charge in [0, 0.05) is 42.1 Å². The van der Waals surface area contributed by atoms with Crippen molar-refractivity contribution in [1.29, 1.82) is 0 Å². The molecule has 14 heteroatoms. The van der Waals surface area contributed by atoms with E-state index < -0.39 is 23.6 Å². The van der Waals surface area contributed by atoms with Crippen molar-refractivity contribution < 1.29 is 27.5 Å². The summed E-state index contributed by atoms with van der Waals surface area (Å²) in [6.45, 7) is 0. The Bertz CT molecular complexity index is 1980. The van der Waals surface area contributed by atoms with Crippen molar-refractivity contribution in [3.8, 4) is 16.9 Å². The largest absolute Gasteiger partial charge is 0.421 e. The number of nitrogens with one attached hydrogen (secondary N) is 2. The van der Waals surface area contributed by atoms with E-state index in [4.69, 9.17) is 39.5 Å². The summed E-state index contributed by atoms with van der Waals surface area (Å²) in [5.74, 6) is -1.73. The second kappa shape index (κ2) is 12.9. The van der Waals surface area contributed by atoms with Crippen LogP contribution in [-0.4, -0.2) is 23.1 Å². The molecule has 0 radical (unpaired) electrons. The Labute approximate surface area is 279 Å². The van der Waals surface area contributed by atoms with Gasteiger partial charge in [-0.15, -0.1) is 0 Å². The van der Waals surface area contributed by atoms with Crippen molar-refractivity contribution in [3.63, 3.8) is 0 Å². The van der Waals surface area contributed by atoms with Gasteiger partial charge < -0.3 is 9.72 Å². The van der Waals surface area contributed by atoms with Gasteiger partial charge in [-0.05, 0) is 64.5 Å². The number of carbonyl (C=O) groups excluding carboxylic acids is 2. The molecule has 1 amide bonds. The third-order valence-electron chi connectivity index (χ3n) is 6.21. The molecule has 0 unspecified atom stereocenters.